The minimum absolute atomic E-state index is 0. The Morgan fingerprint density at radius 2 is 1.68 bits per heavy atom. The molecule has 2 rings (SSSR count). The highest BCUT2D eigenvalue weighted by atomic mass is 127. The minimum Gasteiger partial charge on any atom is -0.379 e. The number of likely N-dealkylation sites (tertiary alicyclic amines) is 1. The summed E-state index contributed by atoms with van der Waals surface area (Å²) in [4.78, 5) is 9.45. The zero-order valence-electron chi connectivity index (χ0n) is 15.9. The first-order valence-electron chi connectivity index (χ1n) is 9.80. The van der Waals surface area contributed by atoms with Gasteiger partial charge in [-0.25, -0.2) is 0 Å². The van der Waals surface area contributed by atoms with Crippen LogP contribution >= 0.6 is 24.0 Å². The zero-order chi connectivity index (χ0) is 17.0. The number of piperidine rings is 1. The number of unbranched alkanes of at least 4 members (excludes halogenated alkanes) is 1. The number of nitrogens with two attached hydrogens (primary N) is 1. The van der Waals surface area contributed by atoms with Gasteiger partial charge in [0.2, 0.25) is 0 Å². The van der Waals surface area contributed by atoms with Gasteiger partial charge in [-0.2, -0.15) is 0 Å². The van der Waals surface area contributed by atoms with E-state index in [0.29, 0.717) is 5.96 Å². The van der Waals surface area contributed by atoms with E-state index in [-0.39, 0.29) is 24.0 Å². The summed E-state index contributed by atoms with van der Waals surface area (Å²) in [6.45, 7) is 12.8. The van der Waals surface area contributed by atoms with E-state index in [2.05, 4.69) is 27.0 Å². The van der Waals surface area contributed by atoms with Gasteiger partial charge in [0, 0.05) is 32.7 Å². The Labute approximate surface area is 170 Å². The molecule has 0 spiro atoms. The van der Waals surface area contributed by atoms with Crippen LogP contribution in [0.25, 0.3) is 0 Å². The average Bonchev–Trinajstić information content (AvgIpc) is 2.61. The van der Waals surface area contributed by atoms with E-state index in [4.69, 9.17) is 10.5 Å². The van der Waals surface area contributed by atoms with Crippen LogP contribution in [0.5, 0.6) is 0 Å². The van der Waals surface area contributed by atoms with E-state index in [1.54, 1.807) is 0 Å². The van der Waals surface area contributed by atoms with Gasteiger partial charge in [-0.3, -0.25) is 9.89 Å². The van der Waals surface area contributed by atoms with Gasteiger partial charge >= 0.3 is 0 Å². The molecule has 2 fully saturated rings. The summed E-state index contributed by atoms with van der Waals surface area (Å²) >= 11 is 0. The van der Waals surface area contributed by atoms with Crippen LogP contribution in [-0.4, -0.2) is 81.3 Å². The van der Waals surface area contributed by atoms with E-state index < -0.39 is 0 Å². The number of ether oxygens (including phenoxy) is 1. The Kier molecular flexibility index (Phi) is 12.8. The van der Waals surface area contributed by atoms with Crippen LogP contribution < -0.4 is 11.1 Å². The summed E-state index contributed by atoms with van der Waals surface area (Å²) in [5.74, 6) is 1.52. The monoisotopic (exact) mass is 467 g/mol. The second-order valence-electron chi connectivity index (χ2n) is 7.23. The maximum absolute atomic E-state index is 5.93. The summed E-state index contributed by atoms with van der Waals surface area (Å²) in [5.41, 5.74) is 5.93. The largest absolute Gasteiger partial charge is 0.379 e. The van der Waals surface area contributed by atoms with Crippen molar-refractivity contribution in [3.05, 3.63) is 0 Å². The van der Waals surface area contributed by atoms with Gasteiger partial charge in [0.25, 0.3) is 0 Å². The highest BCUT2D eigenvalue weighted by molar-refractivity contribution is 14.0. The summed E-state index contributed by atoms with van der Waals surface area (Å²) in [7, 11) is 0. The molecule has 0 aromatic heterocycles. The van der Waals surface area contributed by atoms with Crippen molar-refractivity contribution in [3.63, 3.8) is 0 Å². The van der Waals surface area contributed by atoms with E-state index >= 15 is 0 Å². The number of aliphatic imine (C=N–C) groups is 1. The van der Waals surface area contributed by atoms with Crippen LogP contribution in [0.2, 0.25) is 0 Å². The lowest BCUT2D eigenvalue weighted by atomic mass is 9.99. The fourth-order valence-corrected chi connectivity index (χ4v) is 3.34. The Balaban J connectivity index is 0.00000312. The number of hydrogen-bond donors (Lipinski definition) is 2. The van der Waals surface area contributed by atoms with Crippen molar-refractivity contribution < 1.29 is 4.74 Å². The molecule has 0 saturated carbocycles. The van der Waals surface area contributed by atoms with Crippen molar-refractivity contribution in [1.82, 2.24) is 15.1 Å². The second kappa shape index (κ2) is 14.0. The van der Waals surface area contributed by atoms with Crippen LogP contribution in [0, 0.1) is 5.92 Å². The fourth-order valence-electron chi connectivity index (χ4n) is 3.34. The van der Waals surface area contributed by atoms with E-state index in [1.807, 2.05) is 0 Å². The van der Waals surface area contributed by atoms with Crippen LogP contribution in [-0.2, 0) is 4.74 Å². The average molecular weight is 467 g/mol. The highest BCUT2D eigenvalue weighted by Gasteiger charge is 2.14. The predicted octanol–water partition coefficient (Wildman–Crippen LogP) is 1.74. The SMILES string of the molecule is CC1CCN(CCCCNC(N)=NCCCN2CCOCC2)CC1.I. The van der Waals surface area contributed by atoms with Crippen LogP contribution in [0.1, 0.15) is 39.0 Å². The summed E-state index contributed by atoms with van der Waals surface area (Å²) in [6.07, 6.45) is 6.20. The highest BCUT2D eigenvalue weighted by Crippen LogP contribution is 2.15. The molecular weight excluding hydrogens is 429 g/mol. The summed E-state index contributed by atoms with van der Waals surface area (Å²) in [6, 6.07) is 0. The maximum atomic E-state index is 5.93. The second-order valence-corrected chi connectivity index (χ2v) is 7.23. The molecule has 0 amide bonds. The molecule has 148 valence electrons. The third-order valence-corrected chi connectivity index (χ3v) is 5.10. The number of morpholine rings is 1. The van der Waals surface area contributed by atoms with Crippen molar-refractivity contribution >= 4 is 29.9 Å². The molecule has 2 heterocycles. The van der Waals surface area contributed by atoms with Gasteiger partial charge < -0.3 is 20.7 Å². The van der Waals surface area contributed by atoms with Gasteiger partial charge in [0.1, 0.15) is 0 Å². The molecule has 0 aromatic carbocycles. The molecule has 0 aliphatic carbocycles. The first-order valence-corrected chi connectivity index (χ1v) is 9.80. The minimum atomic E-state index is 0. The van der Waals surface area contributed by atoms with Gasteiger partial charge in [-0.15, -0.1) is 24.0 Å². The molecule has 0 radical (unpaired) electrons. The van der Waals surface area contributed by atoms with Crippen molar-refractivity contribution in [2.45, 2.75) is 39.0 Å². The number of nitrogens with zero attached hydrogens (tertiary/aromatic N) is 3. The normalized spacial score (nSPS) is 21.1. The molecule has 0 atom stereocenters. The van der Waals surface area contributed by atoms with Gasteiger partial charge in [0.05, 0.1) is 13.2 Å². The van der Waals surface area contributed by atoms with Crippen LogP contribution in [0.15, 0.2) is 4.99 Å². The summed E-state index contributed by atoms with van der Waals surface area (Å²) in [5, 5.41) is 3.24. The molecule has 0 bridgehead atoms. The molecule has 3 N–H and O–H groups in total. The zero-order valence-corrected chi connectivity index (χ0v) is 18.2. The number of rotatable bonds is 9. The number of nitrogens with one attached hydrogen (secondary N) is 1. The Bertz CT molecular complexity index is 355. The molecule has 7 heteroatoms. The fraction of sp³-hybridized carbons (Fsp3) is 0.944. The third-order valence-electron chi connectivity index (χ3n) is 5.10. The first-order chi connectivity index (χ1) is 11.7. The van der Waals surface area contributed by atoms with E-state index in [9.17, 15) is 0 Å². The van der Waals surface area contributed by atoms with Gasteiger partial charge in [-0.1, -0.05) is 6.92 Å². The lowest BCUT2D eigenvalue weighted by Gasteiger charge is -2.30. The Hall–Kier alpha value is -0.120. The smallest absolute Gasteiger partial charge is 0.188 e. The molecular formula is C18H38IN5O. The quantitative estimate of drug-likeness (QED) is 0.234. The van der Waals surface area contributed by atoms with Crippen molar-refractivity contribution in [2.75, 3.05) is 65.6 Å². The van der Waals surface area contributed by atoms with Gasteiger partial charge in [0.15, 0.2) is 5.96 Å². The molecule has 6 nitrogen and oxygen atoms in total. The van der Waals surface area contributed by atoms with E-state index in [0.717, 1.165) is 64.7 Å². The molecule has 0 unspecified atom stereocenters. The maximum Gasteiger partial charge on any atom is 0.188 e. The molecule has 2 aliphatic heterocycles. The third kappa shape index (κ3) is 10.6. The van der Waals surface area contributed by atoms with Crippen molar-refractivity contribution in [3.8, 4) is 0 Å². The molecule has 25 heavy (non-hydrogen) atoms. The first kappa shape index (κ1) is 22.9. The number of guanidine groups is 1. The van der Waals surface area contributed by atoms with Crippen molar-refractivity contribution in [2.24, 2.45) is 16.6 Å². The summed E-state index contributed by atoms with van der Waals surface area (Å²) < 4.78 is 5.35. The lowest BCUT2D eigenvalue weighted by Crippen LogP contribution is -2.37. The molecule has 2 saturated heterocycles. The van der Waals surface area contributed by atoms with Crippen molar-refractivity contribution in [1.29, 1.82) is 0 Å². The topological polar surface area (TPSA) is 66.1 Å². The standard InChI is InChI=1S/C18H37N5O.HI/c1-17-5-11-22(12-6-17)9-3-2-7-20-18(19)21-8-4-10-23-13-15-24-16-14-23;/h17H,2-16H2,1H3,(H3,19,20,21);1H. The molecule has 0 aromatic rings. The number of halogens is 1. The van der Waals surface area contributed by atoms with E-state index in [1.165, 1.54) is 38.9 Å². The molecule has 2 aliphatic rings. The Morgan fingerprint density at radius 1 is 1.04 bits per heavy atom. The van der Waals surface area contributed by atoms with Crippen LogP contribution in [0.3, 0.4) is 0 Å². The lowest BCUT2D eigenvalue weighted by molar-refractivity contribution is 0.0377. The van der Waals surface area contributed by atoms with Gasteiger partial charge in [-0.05, 0) is 57.7 Å². The Morgan fingerprint density at radius 3 is 2.40 bits per heavy atom. The predicted molar refractivity (Wildman–Crippen MR) is 116 cm³/mol. The van der Waals surface area contributed by atoms with Crippen LogP contribution in [0.4, 0.5) is 0 Å². The number of hydrogen-bond acceptors (Lipinski definition) is 4.